The third-order valence-corrected chi connectivity index (χ3v) is 4.53. The van der Waals surface area contributed by atoms with Gasteiger partial charge in [0.1, 0.15) is 6.04 Å². The van der Waals surface area contributed by atoms with Gasteiger partial charge in [-0.05, 0) is 12.3 Å². The van der Waals surface area contributed by atoms with E-state index in [2.05, 4.69) is 19.2 Å². The van der Waals surface area contributed by atoms with Crippen molar-refractivity contribution in [2.24, 2.45) is 5.92 Å². The highest BCUT2D eigenvalue weighted by atomic mass is 32.2. The topological polar surface area (TPSA) is 69.6 Å². The van der Waals surface area contributed by atoms with Crippen LogP contribution in [-0.2, 0) is 4.79 Å². The number of carbonyl (C=O) groups excluding carboxylic acids is 1. The second-order valence-electron chi connectivity index (χ2n) is 4.93. The number of carboxylic acids is 1. The van der Waals surface area contributed by atoms with Gasteiger partial charge in [0.05, 0.1) is 5.88 Å². The minimum Gasteiger partial charge on any atom is -0.480 e. The predicted octanol–water partition coefficient (Wildman–Crippen LogP) is 2.37. The first-order chi connectivity index (χ1) is 9.10. The summed E-state index contributed by atoms with van der Waals surface area (Å²) in [6, 6.07) is -0.923. The maximum absolute atomic E-state index is 12.0. The van der Waals surface area contributed by atoms with E-state index in [0.29, 0.717) is 24.1 Å². The summed E-state index contributed by atoms with van der Waals surface area (Å²) in [6.07, 6.45) is 4.49. The Balaban J connectivity index is 2.39. The van der Waals surface area contributed by atoms with Gasteiger partial charge in [0.2, 0.25) is 0 Å². The number of rotatable bonds is 7. The molecule has 0 aromatic carbocycles. The van der Waals surface area contributed by atoms with E-state index in [1.54, 1.807) is 0 Å². The Bertz CT molecular complexity index is 312. The molecule has 110 valence electrons. The van der Waals surface area contributed by atoms with Gasteiger partial charge in [-0.25, -0.2) is 9.59 Å². The van der Waals surface area contributed by atoms with Crippen LogP contribution in [-0.4, -0.2) is 46.2 Å². The predicted molar refractivity (Wildman–Crippen MR) is 77.3 cm³/mol. The largest absolute Gasteiger partial charge is 0.480 e. The van der Waals surface area contributed by atoms with E-state index in [-0.39, 0.29) is 6.03 Å². The van der Waals surface area contributed by atoms with Crippen molar-refractivity contribution in [3.8, 4) is 0 Å². The molecule has 0 radical (unpaired) electrons. The lowest BCUT2D eigenvalue weighted by molar-refractivity contribution is -0.140. The second-order valence-corrected chi connectivity index (χ2v) is 5.93. The molecule has 5 nitrogen and oxygen atoms in total. The lowest BCUT2D eigenvalue weighted by Crippen LogP contribution is -2.47. The van der Waals surface area contributed by atoms with Gasteiger partial charge in [0.25, 0.3) is 0 Å². The molecule has 19 heavy (non-hydrogen) atoms. The highest BCUT2D eigenvalue weighted by Gasteiger charge is 2.34. The number of unbranched alkanes of at least 4 members (excludes halogenated alkanes) is 1. The van der Waals surface area contributed by atoms with Gasteiger partial charge in [-0.1, -0.05) is 33.1 Å². The minimum atomic E-state index is -0.918. The lowest BCUT2D eigenvalue weighted by Gasteiger charge is -2.23. The molecule has 1 fully saturated rings. The molecule has 1 heterocycles. The van der Waals surface area contributed by atoms with Crippen molar-refractivity contribution >= 4 is 23.8 Å². The van der Waals surface area contributed by atoms with Crippen LogP contribution < -0.4 is 5.32 Å². The van der Waals surface area contributed by atoms with Crippen molar-refractivity contribution in [1.82, 2.24) is 10.2 Å². The van der Waals surface area contributed by atoms with Gasteiger partial charge in [-0.2, -0.15) is 0 Å². The fraction of sp³-hybridized carbons (Fsp3) is 0.846. The van der Waals surface area contributed by atoms with Crippen LogP contribution in [0.2, 0.25) is 0 Å². The van der Waals surface area contributed by atoms with Crippen LogP contribution in [0.15, 0.2) is 0 Å². The molecule has 0 aromatic rings. The summed E-state index contributed by atoms with van der Waals surface area (Å²) in [5.41, 5.74) is 0. The Hall–Kier alpha value is -0.910. The third kappa shape index (κ3) is 4.93. The zero-order chi connectivity index (χ0) is 14.3. The van der Waals surface area contributed by atoms with Gasteiger partial charge in [0.15, 0.2) is 0 Å². The first-order valence-corrected chi connectivity index (χ1v) is 8.10. The van der Waals surface area contributed by atoms with Crippen LogP contribution in [0, 0.1) is 5.92 Å². The average molecular weight is 288 g/mol. The van der Waals surface area contributed by atoms with Gasteiger partial charge in [-0.15, -0.1) is 11.8 Å². The van der Waals surface area contributed by atoms with Gasteiger partial charge in [0, 0.05) is 12.3 Å². The second kappa shape index (κ2) is 8.30. The van der Waals surface area contributed by atoms with E-state index in [1.165, 1.54) is 23.1 Å². The number of urea groups is 1. The first kappa shape index (κ1) is 16.1. The van der Waals surface area contributed by atoms with E-state index in [9.17, 15) is 9.59 Å². The summed E-state index contributed by atoms with van der Waals surface area (Å²) in [5.74, 6) is 0.519. The van der Waals surface area contributed by atoms with Gasteiger partial charge in [-0.3, -0.25) is 0 Å². The number of nitrogens with one attached hydrogen (secondary N) is 1. The molecule has 1 saturated heterocycles. The van der Waals surface area contributed by atoms with E-state index < -0.39 is 12.0 Å². The molecule has 1 aliphatic heterocycles. The highest BCUT2D eigenvalue weighted by Crippen LogP contribution is 2.21. The number of nitrogens with zero attached hydrogens (tertiary/aromatic N) is 1. The Morgan fingerprint density at radius 3 is 2.79 bits per heavy atom. The Morgan fingerprint density at radius 1 is 1.47 bits per heavy atom. The van der Waals surface area contributed by atoms with Crippen LogP contribution in [0.25, 0.3) is 0 Å². The number of hydrogen-bond donors (Lipinski definition) is 2. The number of aliphatic carboxylic acids is 1. The number of thioether (sulfide) groups is 1. The summed E-state index contributed by atoms with van der Waals surface area (Å²) < 4.78 is 0. The van der Waals surface area contributed by atoms with Crippen molar-refractivity contribution in [2.75, 3.05) is 18.2 Å². The van der Waals surface area contributed by atoms with Gasteiger partial charge >= 0.3 is 12.0 Å². The zero-order valence-electron chi connectivity index (χ0n) is 11.7. The summed E-state index contributed by atoms with van der Waals surface area (Å²) in [4.78, 5) is 24.4. The molecule has 0 bridgehead atoms. The van der Waals surface area contributed by atoms with Crippen molar-refractivity contribution < 1.29 is 14.7 Å². The maximum atomic E-state index is 12.0. The molecule has 1 aliphatic rings. The number of carbonyl (C=O) groups is 2. The smallest absolute Gasteiger partial charge is 0.327 e. The number of hydrogen-bond acceptors (Lipinski definition) is 3. The summed E-state index contributed by atoms with van der Waals surface area (Å²) in [7, 11) is 0. The van der Waals surface area contributed by atoms with E-state index in [0.717, 1.165) is 19.3 Å². The highest BCUT2D eigenvalue weighted by molar-refractivity contribution is 7.99. The van der Waals surface area contributed by atoms with Gasteiger partial charge < -0.3 is 15.3 Å². The molecule has 2 N–H and O–H groups in total. The zero-order valence-corrected chi connectivity index (χ0v) is 12.5. The summed E-state index contributed by atoms with van der Waals surface area (Å²) >= 11 is 1.49. The van der Waals surface area contributed by atoms with Crippen LogP contribution in [0.4, 0.5) is 4.79 Å². The molecule has 6 heteroatoms. The molecule has 2 atom stereocenters. The SMILES string of the molecule is CCCCC(CC)CNC(=O)N1CSC[C@H]1C(=O)O. The molecule has 1 unspecified atom stereocenters. The van der Waals surface area contributed by atoms with Crippen LogP contribution >= 0.6 is 11.8 Å². The monoisotopic (exact) mass is 288 g/mol. The summed E-state index contributed by atoms with van der Waals surface area (Å²) in [5, 5.41) is 11.9. The third-order valence-electron chi connectivity index (χ3n) is 3.51. The molecular formula is C13H24N2O3S. The van der Waals surface area contributed by atoms with Crippen molar-refractivity contribution in [1.29, 1.82) is 0 Å². The quantitative estimate of drug-likeness (QED) is 0.754. The molecule has 0 aliphatic carbocycles. The van der Waals surface area contributed by atoms with Crippen LogP contribution in [0.1, 0.15) is 39.5 Å². The number of amides is 2. The van der Waals surface area contributed by atoms with Crippen LogP contribution in [0.3, 0.4) is 0 Å². The molecular weight excluding hydrogens is 264 g/mol. The molecule has 0 aromatic heterocycles. The maximum Gasteiger partial charge on any atom is 0.327 e. The van der Waals surface area contributed by atoms with Crippen LogP contribution in [0.5, 0.6) is 0 Å². The Labute approximate surface area is 119 Å². The fourth-order valence-electron chi connectivity index (χ4n) is 2.12. The average Bonchev–Trinajstić information content (AvgIpc) is 2.88. The van der Waals surface area contributed by atoms with Crippen molar-refractivity contribution in [2.45, 2.75) is 45.6 Å². The molecule has 0 saturated carbocycles. The molecule has 2 amide bonds. The Kier molecular flexibility index (Phi) is 7.05. The van der Waals surface area contributed by atoms with E-state index in [4.69, 9.17) is 5.11 Å². The minimum absolute atomic E-state index is 0.243. The Morgan fingerprint density at radius 2 is 2.21 bits per heavy atom. The summed E-state index contributed by atoms with van der Waals surface area (Å²) in [6.45, 7) is 4.92. The first-order valence-electron chi connectivity index (χ1n) is 6.95. The molecule has 1 rings (SSSR count). The van der Waals surface area contributed by atoms with E-state index >= 15 is 0 Å². The molecule has 0 spiro atoms. The standard InChI is InChI=1S/C13H24N2O3S/c1-3-5-6-10(4-2)7-14-13(18)15-9-19-8-11(15)12(16)17/h10-11H,3-9H2,1-2H3,(H,14,18)(H,16,17)/t10?,11-/m0/s1. The van der Waals surface area contributed by atoms with Crippen molar-refractivity contribution in [3.63, 3.8) is 0 Å². The van der Waals surface area contributed by atoms with Crippen molar-refractivity contribution in [3.05, 3.63) is 0 Å². The fourth-order valence-corrected chi connectivity index (χ4v) is 3.27. The number of carboxylic acid groups (broad SMARTS) is 1. The normalized spacial score (nSPS) is 20.3. The van der Waals surface area contributed by atoms with E-state index in [1.807, 2.05) is 0 Å². The lowest BCUT2D eigenvalue weighted by atomic mass is 9.99.